The average Bonchev–Trinajstić information content (AvgIpc) is 3.32. The van der Waals surface area contributed by atoms with Gasteiger partial charge in [-0.3, -0.25) is 9.59 Å². The average molecular weight is 475 g/mol. The predicted octanol–water partition coefficient (Wildman–Crippen LogP) is 4.75. The molecule has 0 spiro atoms. The van der Waals surface area contributed by atoms with Crippen LogP contribution in [0.15, 0.2) is 48.5 Å². The van der Waals surface area contributed by atoms with Crippen LogP contribution in [-0.2, 0) is 4.79 Å². The van der Waals surface area contributed by atoms with Gasteiger partial charge >= 0.3 is 0 Å². The minimum atomic E-state index is 0.0251. The van der Waals surface area contributed by atoms with E-state index < -0.39 is 0 Å². The van der Waals surface area contributed by atoms with Gasteiger partial charge in [-0.2, -0.15) is 0 Å². The Balaban J connectivity index is 1.13. The molecule has 0 saturated carbocycles. The van der Waals surface area contributed by atoms with Gasteiger partial charge < -0.3 is 19.5 Å². The van der Waals surface area contributed by atoms with Crippen molar-refractivity contribution in [1.82, 2.24) is 19.8 Å². The third-order valence-electron chi connectivity index (χ3n) is 7.52. The van der Waals surface area contributed by atoms with Crippen molar-refractivity contribution < 1.29 is 14.3 Å². The summed E-state index contributed by atoms with van der Waals surface area (Å²) in [5.74, 6) is 2.02. The highest BCUT2D eigenvalue weighted by atomic mass is 16.5. The molecular weight excluding hydrogens is 440 g/mol. The lowest BCUT2D eigenvalue weighted by molar-refractivity contribution is -0.139. The van der Waals surface area contributed by atoms with Crippen molar-refractivity contribution in [2.75, 3.05) is 19.7 Å². The molecule has 0 radical (unpaired) electrons. The largest absolute Gasteiger partial charge is 0.484 e. The van der Waals surface area contributed by atoms with E-state index in [1.807, 2.05) is 34.1 Å². The zero-order valence-corrected chi connectivity index (χ0v) is 20.6. The number of amides is 2. The number of ether oxygens (including phenoxy) is 1. The molecule has 1 aromatic heterocycles. The van der Waals surface area contributed by atoms with E-state index in [2.05, 4.69) is 18.8 Å². The highest BCUT2D eigenvalue weighted by Gasteiger charge is 2.29. The monoisotopic (exact) mass is 474 g/mol. The van der Waals surface area contributed by atoms with Crippen molar-refractivity contribution in [2.45, 2.75) is 64.0 Å². The standard InChI is InChI=1S/C28H34N4O3/c1-19-6-5-7-20(2)32(19)26(33)18-35-23-12-10-22(11-13-23)28(34)31-16-14-21(15-17-31)27-29-24-8-3-4-9-25(24)30-27/h3-4,8-13,19-21H,5-7,14-18H2,1-2H3,(H,29,30). The van der Waals surface area contributed by atoms with Crippen molar-refractivity contribution in [3.05, 3.63) is 59.9 Å². The second-order valence-electron chi connectivity index (χ2n) is 9.95. The van der Waals surface area contributed by atoms with Crippen LogP contribution in [0.25, 0.3) is 11.0 Å². The van der Waals surface area contributed by atoms with Crippen LogP contribution in [0.2, 0.25) is 0 Å². The number of nitrogens with one attached hydrogen (secondary N) is 1. The van der Waals surface area contributed by atoms with Gasteiger partial charge in [0.15, 0.2) is 6.61 Å². The maximum absolute atomic E-state index is 13.0. The molecule has 7 nitrogen and oxygen atoms in total. The fraction of sp³-hybridized carbons (Fsp3) is 0.464. The lowest BCUT2D eigenvalue weighted by atomic mass is 9.95. The number of hydrogen-bond donors (Lipinski definition) is 1. The Morgan fingerprint density at radius 3 is 2.34 bits per heavy atom. The number of hydrogen-bond acceptors (Lipinski definition) is 4. The number of rotatable bonds is 5. The Bertz CT molecular complexity index is 1140. The molecular formula is C28H34N4O3. The smallest absolute Gasteiger partial charge is 0.260 e. The molecule has 2 unspecified atom stereocenters. The highest BCUT2D eigenvalue weighted by Crippen LogP contribution is 2.29. The second-order valence-corrected chi connectivity index (χ2v) is 9.95. The Morgan fingerprint density at radius 2 is 1.66 bits per heavy atom. The van der Waals surface area contributed by atoms with Gasteiger partial charge in [0.05, 0.1) is 11.0 Å². The fourth-order valence-electron chi connectivity index (χ4n) is 5.53. The summed E-state index contributed by atoms with van der Waals surface area (Å²) in [6.45, 7) is 5.65. The molecule has 0 bridgehead atoms. The molecule has 35 heavy (non-hydrogen) atoms. The lowest BCUT2D eigenvalue weighted by Gasteiger charge is -2.38. The first-order valence-electron chi connectivity index (χ1n) is 12.8. The Labute approximate surface area is 206 Å². The molecule has 3 aromatic rings. The third-order valence-corrected chi connectivity index (χ3v) is 7.52. The molecule has 3 heterocycles. The quantitative estimate of drug-likeness (QED) is 0.579. The number of para-hydroxylation sites is 2. The topological polar surface area (TPSA) is 78.5 Å². The number of carbonyl (C=O) groups is 2. The lowest BCUT2D eigenvalue weighted by Crippen LogP contribution is -2.49. The number of likely N-dealkylation sites (tertiary alicyclic amines) is 2. The maximum atomic E-state index is 13.0. The maximum Gasteiger partial charge on any atom is 0.260 e. The normalized spacial score (nSPS) is 21.3. The molecule has 2 atom stereocenters. The van der Waals surface area contributed by atoms with Gasteiger partial charge in [0.25, 0.3) is 11.8 Å². The van der Waals surface area contributed by atoms with Crippen molar-refractivity contribution >= 4 is 22.8 Å². The van der Waals surface area contributed by atoms with Crippen LogP contribution in [0.1, 0.15) is 68.1 Å². The molecule has 2 aromatic carbocycles. The van der Waals surface area contributed by atoms with Crippen LogP contribution in [0.5, 0.6) is 5.75 Å². The zero-order valence-electron chi connectivity index (χ0n) is 20.6. The van der Waals surface area contributed by atoms with Crippen LogP contribution in [0.4, 0.5) is 0 Å². The van der Waals surface area contributed by atoms with Gasteiger partial charge in [-0.25, -0.2) is 4.98 Å². The number of aromatic amines is 1. The van der Waals surface area contributed by atoms with E-state index in [0.29, 0.717) is 30.3 Å². The van der Waals surface area contributed by atoms with E-state index >= 15 is 0 Å². The van der Waals surface area contributed by atoms with Gasteiger partial charge in [0, 0.05) is 36.7 Å². The van der Waals surface area contributed by atoms with E-state index in [1.54, 1.807) is 24.3 Å². The summed E-state index contributed by atoms with van der Waals surface area (Å²) < 4.78 is 5.76. The molecule has 1 N–H and O–H groups in total. The number of carbonyl (C=O) groups excluding carboxylic acids is 2. The highest BCUT2D eigenvalue weighted by molar-refractivity contribution is 5.94. The SMILES string of the molecule is CC1CCCC(C)N1C(=O)COc1ccc(C(=O)N2CCC(c3nc4ccccc4[nH]3)CC2)cc1. The fourth-order valence-corrected chi connectivity index (χ4v) is 5.53. The number of imidazole rings is 1. The van der Waals surface area contributed by atoms with Crippen LogP contribution < -0.4 is 4.74 Å². The first kappa shape index (κ1) is 23.4. The van der Waals surface area contributed by atoms with Crippen LogP contribution in [0.3, 0.4) is 0 Å². The molecule has 0 aliphatic carbocycles. The molecule has 5 rings (SSSR count). The first-order valence-corrected chi connectivity index (χ1v) is 12.8. The Hall–Kier alpha value is -3.35. The van der Waals surface area contributed by atoms with E-state index in [0.717, 1.165) is 42.5 Å². The summed E-state index contributed by atoms with van der Waals surface area (Å²) >= 11 is 0. The predicted molar refractivity (Wildman–Crippen MR) is 136 cm³/mol. The second kappa shape index (κ2) is 10.1. The van der Waals surface area contributed by atoms with Gasteiger partial charge in [-0.1, -0.05) is 12.1 Å². The third kappa shape index (κ3) is 5.04. The molecule has 2 saturated heterocycles. The van der Waals surface area contributed by atoms with Gasteiger partial charge in [0.1, 0.15) is 11.6 Å². The van der Waals surface area contributed by atoms with Crippen LogP contribution in [0, 0.1) is 0 Å². The summed E-state index contributed by atoms with van der Waals surface area (Å²) in [5.41, 5.74) is 2.69. The molecule has 184 valence electrons. The zero-order chi connectivity index (χ0) is 24.4. The summed E-state index contributed by atoms with van der Waals surface area (Å²) in [7, 11) is 0. The van der Waals surface area contributed by atoms with Crippen molar-refractivity contribution in [2.24, 2.45) is 0 Å². The van der Waals surface area contributed by atoms with E-state index in [-0.39, 0.29) is 30.5 Å². The van der Waals surface area contributed by atoms with E-state index in [1.165, 1.54) is 6.42 Å². The van der Waals surface area contributed by atoms with E-state index in [9.17, 15) is 9.59 Å². The summed E-state index contributed by atoms with van der Waals surface area (Å²) in [5, 5.41) is 0. The number of piperidine rings is 2. The first-order chi connectivity index (χ1) is 17.0. The molecule has 2 aliphatic rings. The van der Waals surface area contributed by atoms with Gasteiger partial charge in [0.2, 0.25) is 0 Å². The van der Waals surface area contributed by atoms with Crippen molar-refractivity contribution in [3.63, 3.8) is 0 Å². The minimum Gasteiger partial charge on any atom is -0.484 e. The molecule has 2 amide bonds. The summed E-state index contributed by atoms with van der Waals surface area (Å²) in [6, 6.07) is 15.7. The van der Waals surface area contributed by atoms with Crippen molar-refractivity contribution in [3.8, 4) is 5.75 Å². The number of benzene rings is 2. The summed E-state index contributed by atoms with van der Waals surface area (Å²) in [6.07, 6.45) is 5.04. The number of nitrogens with zero attached hydrogens (tertiary/aromatic N) is 3. The molecule has 2 aliphatic heterocycles. The molecule has 7 heteroatoms. The van der Waals surface area contributed by atoms with Crippen LogP contribution in [-0.4, -0.2) is 63.4 Å². The number of aromatic nitrogens is 2. The Morgan fingerprint density at radius 1 is 0.971 bits per heavy atom. The Kier molecular flexibility index (Phi) is 6.75. The van der Waals surface area contributed by atoms with Gasteiger partial charge in [-0.15, -0.1) is 0 Å². The molecule has 2 fully saturated rings. The number of fused-ring (bicyclic) bond motifs is 1. The summed E-state index contributed by atoms with van der Waals surface area (Å²) in [4.78, 5) is 37.8. The van der Waals surface area contributed by atoms with Gasteiger partial charge in [-0.05, 0) is 82.3 Å². The minimum absolute atomic E-state index is 0.0251. The van der Waals surface area contributed by atoms with Crippen LogP contribution >= 0.6 is 0 Å². The van der Waals surface area contributed by atoms with Crippen molar-refractivity contribution in [1.29, 1.82) is 0 Å². The number of H-pyrrole nitrogens is 1. The van der Waals surface area contributed by atoms with E-state index in [4.69, 9.17) is 9.72 Å².